The third-order valence-corrected chi connectivity index (χ3v) is 9.10. The predicted molar refractivity (Wildman–Crippen MR) is 152 cm³/mol. The van der Waals surface area contributed by atoms with E-state index in [9.17, 15) is 13.2 Å². The largest absolute Gasteiger partial charge is 0.370 e. The Hall–Kier alpha value is -2.35. The number of hydrogen-bond acceptors (Lipinski definition) is 4. The summed E-state index contributed by atoms with van der Waals surface area (Å²) in [4.78, 5) is 18.5. The summed E-state index contributed by atoms with van der Waals surface area (Å²) in [7, 11) is -3.94. The van der Waals surface area contributed by atoms with Crippen LogP contribution in [-0.2, 0) is 21.2 Å². The minimum absolute atomic E-state index is 0. The lowest BCUT2D eigenvalue weighted by Crippen LogP contribution is -2.51. The maximum absolute atomic E-state index is 13.3. The van der Waals surface area contributed by atoms with Gasteiger partial charge in [0, 0.05) is 40.3 Å². The molecule has 1 aromatic heterocycles. The van der Waals surface area contributed by atoms with Crippen molar-refractivity contribution in [1.82, 2.24) is 19.9 Å². The number of halogens is 2. The van der Waals surface area contributed by atoms with Crippen LogP contribution in [0.4, 0.5) is 0 Å². The van der Waals surface area contributed by atoms with Gasteiger partial charge in [0.25, 0.3) is 0 Å². The van der Waals surface area contributed by atoms with Crippen LogP contribution in [0.3, 0.4) is 0 Å². The van der Waals surface area contributed by atoms with Gasteiger partial charge in [-0.3, -0.25) is 10.2 Å². The molecule has 2 aromatic carbocycles. The molecule has 36 heavy (non-hydrogen) atoms. The molecule has 1 aliphatic heterocycles. The number of sulfonamides is 1. The number of hydrogen-bond donors (Lipinski definition) is 5. The molecule has 2 atom stereocenters. The predicted octanol–water partition coefficient (Wildman–Crippen LogP) is 2.81. The van der Waals surface area contributed by atoms with Gasteiger partial charge in [0.2, 0.25) is 15.9 Å². The Morgan fingerprint density at radius 3 is 2.69 bits per heavy atom. The number of para-hydroxylation sites is 1. The Bertz CT molecular complexity index is 1330. The molecule has 0 spiro atoms. The molecule has 0 saturated carbocycles. The minimum atomic E-state index is -3.94. The lowest BCUT2D eigenvalue weighted by Gasteiger charge is -2.33. The van der Waals surface area contributed by atoms with Crippen molar-refractivity contribution in [2.45, 2.75) is 30.2 Å². The molecule has 0 aliphatic carbocycles. The quantitative estimate of drug-likeness (QED) is 0.146. The van der Waals surface area contributed by atoms with Crippen LogP contribution in [0.5, 0.6) is 0 Å². The van der Waals surface area contributed by atoms with Gasteiger partial charge in [-0.25, -0.2) is 8.42 Å². The highest BCUT2D eigenvalue weighted by molar-refractivity contribution is 14.1. The molecule has 4 rings (SSSR count). The topological polar surface area (TPSA) is 144 Å². The lowest BCUT2D eigenvalue weighted by molar-refractivity contribution is -0.122. The highest BCUT2D eigenvalue weighted by Crippen LogP contribution is 2.22. The van der Waals surface area contributed by atoms with Crippen molar-refractivity contribution >= 4 is 67.8 Å². The van der Waals surface area contributed by atoms with Gasteiger partial charge >= 0.3 is 0 Å². The number of nitrogens with one attached hydrogen (secondary N) is 4. The molecule has 0 bridgehead atoms. The zero-order valence-electron chi connectivity index (χ0n) is 19.5. The fourth-order valence-corrected chi connectivity index (χ4v) is 6.97. The summed E-state index contributed by atoms with van der Waals surface area (Å²) >= 11 is 1.98. The summed E-state index contributed by atoms with van der Waals surface area (Å²) in [6.07, 6.45) is 3.81. The Morgan fingerprint density at radius 2 is 1.94 bits per heavy atom. The number of carbonyl (C=O) groups excluding carboxylic acids is 1. The Labute approximate surface area is 230 Å². The molecule has 6 N–H and O–H groups in total. The first-order chi connectivity index (χ1) is 16.7. The number of aromatic nitrogens is 1. The number of likely N-dealkylation sites (tertiary alicyclic amines) is 1. The number of piperidine rings is 1. The number of guanidine groups is 1. The van der Waals surface area contributed by atoms with Crippen molar-refractivity contribution in [2.24, 2.45) is 11.7 Å². The number of nitrogens with zero attached hydrogens (tertiary/aromatic N) is 1. The SMILES string of the molecule is Cl.N=C(N)N1CCCC(CNC(=O)C(Cc2c[nH]c3ccccc23)NS(=O)(=O)c2ccccc2I)C1. The van der Waals surface area contributed by atoms with Crippen LogP contribution in [0.25, 0.3) is 10.9 Å². The van der Waals surface area contributed by atoms with E-state index in [1.165, 1.54) is 6.07 Å². The molecule has 9 nitrogen and oxygen atoms in total. The zero-order chi connectivity index (χ0) is 25.0. The van der Waals surface area contributed by atoms with Crippen LogP contribution in [0.15, 0.2) is 59.6 Å². The number of fused-ring (bicyclic) bond motifs is 1. The third kappa shape index (κ3) is 6.69. The van der Waals surface area contributed by atoms with E-state index in [2.05, 4.69) is 15.0 Å². The van der Waals surface area contributed by atoms with E-state index in [-0.39, 0.29) is 41.5 Å². The van der Waals surface area contributed by atoms with E-state index < -0.39 is 16.1 Å². The van der Waals surface area contributed by atoms with Crippen molar-refractivity contribution in [3.8, 4) is 0 Å². The molecule has 0 radical (unpaired) electrons. The van der Waals surface area contributed by atoms with E-state index in [1.54, 1.807) is 23.1 Å². The van der Waals surface area contributed by atoms with Crippen molar-refractivity contribution < 1.29 is 13.2 Å². The maximum Gasteiger partial charge on any atom is 0.242 e. The molecule has 1 aliphatic rings. The van der Waals surface area contributed by atoms with E-state index in [0.717, 1.165) is 35.9 Å². The van der Waals surface area contributed by atoms with Crippen LogP contribution in [0.1, 0.15) is 18.4 Å². The van der Waals surface area contributed by atoms with Gasteiger partial charge in [-0.2, -0.15) is 4.72 Å². The first kappa shape index (κ1) is 28.2. The molecule has 2 heterocycles. The molecular weight excluding hydrogens is 615 g/mol. The van der Waals surface area contributed by atoms with Crippen LogP contribution in [0.2, 0.25) is 0 Å². The lowest BCUT2D eigenvalue weighted by atomic mass is 9.98. The van der Waals surface area contributed by atoms with Crippen molar-refractivity contribution in [3.05, 3.63) is 63.9 Å². The van der Waals surface area contributed by atoms with Gasteiger partial charge in [0.15, 0.2) is 5.96 Å². The van der Waals surface area contributed by atoms with E-state index in [4.69, 9.17) is 11.1 Å². The molecule has 12 heteroatoms. The van der Waals surface area contributed by atoms with E-state index in [0.29, 0.717) is 16.7 Å². The van der Waals surface area contributed by atoms with Gasteiger partial charge in [-0.05, 0) is 71.5 Å². The smallest absolute Gasteiger partial charge is 0.242 e. The number of carbonyl (C=O) groups is 1. The summed E-state index contributed by atoms with van der Waals surface area (Å²) in [6.45, 7) is 1.72. The van der Waals surface area contributed by atoms with E-state index in [1.807, 2.05) is 53.1 Å². The normalized spacial score (nSPS) is 16.8. The summed E-state index contributed by atoms with van der Waals surface area (Å²) in [5.74, 6) is -0.217. The standard InChI is InChI=1S/C24H29IN6O3S.ClH/c25-19-8-2-4-10-22(19)35(33,34)30-21(12-17-14-28-20-9-3-1-7-18(17)20)23(32)29-13-16-6-5-11-31(15-16)24(26)27;/h1-4,7-10,14,16,21,28,30H,5-6,11-13,15H2,(H3,26,27)(H,29,32);1H. The van der Waals surface area contributed by atoms with Crippen molar-refractivity contribution in [3.63, 3.8) is 0 Å². The second-order valence-corrected chi connectivity index (χ2v) is 11.6. The summed E-state index contributed by atoms with van der Waals surface area (Å²) in [5, 5.41) is 11.6. The number of H-pyrrole nitrogens is 1. The Morgan fingerprint density at radius 1 is 1.22 bits per heavy atom. The average molecular weight is 645 g/mol. The van der Waals surface area contributed by atoms with Crippen LogP contribution in [-0.4, -0.2) is 55.8 Å². The third-order valence-electron chi connectivity index (χ3n) is 6.26. The first-order valence-corrected chi connectivity index (χ1v) is 14.0. The van der Waals surface area contributed by atoms with Crippen molar-refractivity contribution in [2.75, 3.05) is 19.6 Å². The number of rotatable bonds is 8. The van der Waals surface area contributed by atoms with Gasteiger partial charge in [0.1, 0.15) is 6.04 Å². The molecule has 2 unspecified atom stereocenters. The number of aromatic amines is 1. The Balaban J connectivity index is 0.00000361. The van der Waals surface area contributed by atoms with Gasteiger partial charge in [-0.15, -0.1) is 12.4 Å². The number of amides is 1. The summed E-state index contributed by atoms with van der Waals surface area (Å²) in [6, 6.07) is 13.4. The van der Waals surface area contributed by atoms with Crippen LogP contribution >= 0.6 is 35.0 Å². The monoisotopic (exact) mass is 644 g/mol. The van der Waals surface area contributed by atoms with Crippen LogP contribution in [0, 0.1) is 14.9 Å². The fourth-order valence-electron chi connectivity index (χ4n) is 4.44. The van der Waals surface area contributed by atoms with Gasteiger partial charge in [0.05, 0.1) is 4.90 Å². The number of benzene rings is 2. The van der Waals surface area contributed by atoms with Gasteiger partial charge < -0.3 is 20.9 Å². The highest BCUT2D eigenvalue weighted by Gasteiger charge is 2.29. The first-order valence-electron chi connectivity index (χ1n) is 11.4. The second kappa shape index (κ2) is 12.3. The average Bonchev–Trinajstić information content (AvgIpc) is 3.25. The molecule has 1 saturated heterocycles. The van der Waals surface area contributed by atoms with Gasteiger partial charge in [-0.1, -0.05) is 30.3 Å². The van der Waals surface area contributed by atoms with Crippen LogP contribution < -0.4 is 15.8 Å². The molecular formula is C24H30ClIN6O3S. The van der Waals surface area contributed by atoms with E-state index >= 15 is 0 Å². The minimum Gasteiger partial charge on any atom is -0.370 e. The maximum atomic E-state index is 13.3. The summed E-state index contributed by atoms with van der Waals surface area (Å²) in [5.41, 5.74) is 7.41. The molecule has 1 amide bonds. The summed E-state index contributed by atoms with van der Waals surface area (Å²) < 4.78 is 29.7. The zero-order valence-corrected chi connectivity index (χ0v) is 23.3. The highest BCUT2D eigenvalue weighted by atomic mass is 127. The molecule has 1 fully saturated rings. The number of nitrogens with two attached hydrogens (primary N) is 1. The molecule has 194 valence electrons. The fraction of sp³-hybridized carbons (Fsp3) is 0.333. The Kier molecular flexibility index (Phi) is 9.61. The molecule has 3 aromatic rings. The van der Waals surface area contributed by atoms with Crippen molar-refractivity contribution in [1.29, 1.82) is 5.41 Å². The second-order valence-electron chi connectivity index (χ2n) is 8.75.